The highest BCUT2D eigenvalue weighted by molar-refractivity contribution is 6.30. The topological polar surface area (TPSA) is 50.7 Å². The summed E-state index contributed by atoms with van der Waals surface area (Å²) in [5, 5.41) is 4.95. The Morgan fingerprint density at radius 3 is 3.13 bits per heavy atom. The van der Waals surface area contributed by atoms with E-state index in [0.29, 0.717) is 36.3 Å². The number of halogens is 1. The predicted molar refractivity (Wildman–Crippen MR) is 91.8 cm³/mol. The lowest BCUT2D eigenvalue weighted by molar-refractivity contribution is -0.121. The second-order valence-corrected chi connectivity index (χ2v) is 6.57. The molecule has 2 unspecified atom stereocenters. The Morgan fingerprint density at radius 2 is 2.35 bits per heavy atom. The average molecular weight is 333 g/mol. The Bertz CT molecular complexity index is 654. The molecule has 122 valence electrons. The van der Waals surface area contributed by atoms with Crippen molar-refractivity contribution in [3.05, 3.63) is 40.9 Å². The first-order valence-electron chi connectivity index (χ1n) is 8.04. The van der Waals surface area contributed by atoms with Gasteiger partial charge in [0.2, 0.25) is 5.91 Å². The zero-order valence-electron chi connectivity index (χ0n) is 13.2. The van der Waals surface area contributed by atoms with Crippen LogP contribution >= 0.6 is 11.6 Å². The summed E-state index contributed by atoms with van der Waals surface area (Å²) in [5.41, 5.74) is 4.79. The van der Waals surface area contributed by atoms with Crippen LogP contribution in [0.5, 0.6) is 5.75 Å². The third kappa shape index (κ3) is 3.94. The van der Waals surface area contributed by atoms with Crippen LogP contribution in [0.2, 0.25) is 5.02 Å². The number of nitrogens with zero attached hydrogens (tertiary/aromatic N) is 1. The summed E-state index contributed by atoms with van der Waals surface area (Å²) < 4.78 is 5.67. The summed E-state index contributed by atoms with van der Waals surface area (Å²) in [5.74, 6) is 1.95. The Kier molecular flexibility index (Phi) is 5.01. The van der Waals surface area contributed by atoms with Crippen molar-refractivity contribution in [2.45, 2.75) is 32.6 Å². The maximum Gasteiger partial charge on any atom is 0.240 e. The molecule has 1 amide bonds. The zero-order chi connectivity index (χ0) is 16.2. The lowest BCUT2D eigenvalue weighted by atomic mass is 9.74. The number of benzene rings is 1. The van der Waals surface area contributed by atoms with Gasteiger partial charge in [0.25, 0.3) is 0 Å². The monoisotopic (exact) mass is 332 g/mol. The van der Waals surface area contributed by atoms with Gasteiger partial charge in [0.15, 0.2) is 0 Å². The minimum atomic E-state index is -0.0525. The number of hydrogen-bond acceptors (Lipinski definition) is 3. The second kappa shape index (κ2) is 7.18. The molecule has 2 aliphatic carbocycles. The van der Waals surface area contributed by atoms with Gasteiger partial charge in [0.05, 0.1) is 6.61 Å². The van der Waals surface area contributed by atoms with Crippen LogP contribution < -0.4 is 10.2 Å². The van der Waals surface area contributed by atoms with Gasteiger partial charge < -0.3 is 4.74 Å². The molecule has 0 spiro atoms. The Morgan fingerprint density at radius 1 is 1.48 bits per heavy atom. The van der Waals surface area contributed by atoms with Crippen molar-refractivity contribution in [3.63, 3.8) is 0 Å². The lowest BCUT2D eigenvalue weighted by Gasteiger charge is -2.31. The molecule has 5 heteroatoms. The summed E-state index contributed by atoms with van der Waals surface area (Å²) >= 11 is 5.91. The number of carbonyl (C=O) groups excluding carboxylic acids is 1. The van der Waals surface area contributed by atoms with E-state index in [-0.39, 0.29) is 5.91 Å². The highest BCUT2D eigenvalue weighted by atomic mass is 35.5. The molecule has 0 bridgehead atoms. The van der Waals surface area contributed by atoms with Crippen LogP contribution in [-0.2, 0) is 4.79 Å². The standard InChI is InChI=1S/C18H21ClN2O2/c1-12-10-14(19)7-8-17(12)23-9-3-6-18(22)21-20-16-11-13-4-2-5-15(13)16/h2,4,7-8,10,13,15H,3,5-6,9,11H2,1H3,(H,21,22). The normalized spacial score (nSPS) is 23.5. The highest BCUT2D eigenvalue weighted by Gasteiger charge is 2.37. The first-order chi connectivity index (χ1) is 11.1. The van der Waals surface area contributed by atoms with Gasteiger partial charge in [0.1, 0.15) is 5.75 Å². The van der Waals surface area contributed by atoms with Gasteiger partial charge in [-0.05, 0) is 55.9 Å². The second-order valence-electron chi connectivity index (χ2n) is 6.14. The van der Waals surface area contributed by atoms with E-state index in [1.54, 1.807) is 6.07 Å². The molecule has 2 atom stereocenters. The van der Waals surface area contributed by atoms with E-state index in [0.717, 1.165) is 29.9 Å². The Labute approximate surface area is 141 Å². The fraction of sp³-hybridized carbons (Fsp3) is 0.444. The van der Waals surface area contributed by atoms with Crippen molar-refractivity contribution in [2.75, 3.05) is 6.61 Å². The van der Waals surface area contributed by atoms with Gasteiger partial charge in [-0.2, -0.15) is 5.10 Å². The minimum absolute atomic E-state index is 0.0525. The third-order valence-corrected chi connectivity index (χ3v) is 4.66. The van der Waals surface area contributed by atoms with Crippen molar-refractivity contribution in [1.29, 1.82) is 0 Å². The maximum absolute atomic E-state index is 11.8. The van der Waals surface area contributed by atoms with Crippen LogP contribution in [0.25, 0.3) is 0 Å². The number of fused-ring (bicyclic) bond motifs is 1. The van der Waals surface area contributed by atoms with Gasteiger partial charge in [0, 0.05) is 23.1 Å². The van der Waals surface area contributed by atoms with E-state index < -0.39 is 0 Å². The number of hydrazone groups is 1. The number of aryl methyl sites for hydroxylation is 1. The molecule has 23 heavy (non-hydrogen) atoms. The summed E-state index contributed by atoms with van der Waals surface area (Å²) in [7, 11) is 0. The van der Waals surface area contributed by atoms with Crippen LogP contribution in [0.4, 0.5) is 0 Å². The van der Waals surface area contributed by atoms with Gasteiger partial charge in [-0.25, -0.2) is 5.43 Å². The number of rotatable bonds is 6. The van der Waals surface area contributed by atoms with Crippen molar-refractivity contribution < 1.29 is 9.53 Å². The number of allylic oxidation sites excluding steroid dienone is 2. The molecule has 1 aromatic rings. The van der Waals surface area contributed by atoms with E-state index in [1.165, 1.54) is 0 Å². The van der Waals surface area contributed by atoms with Crippen molar-refractivity contribution >= 4 is 23.2 Å². The fourth-order valence-electron chi connectivity index (χ4n) is 3.04. The first kappa shape index (κ1) is 16.1. The van der Waals surface area contributed by atoms with Crippen LogP contribution in [0.15, 0.2) is 35.5 Å². The third-order valence-electron chi connectivity index (χ3n) is 4.43. The number of amides is 1. The van der Waals surface area contributed by atoms with E-state index in [4.69, 9.17) is 16.3 Å². The summed E-state index contributed by atoms with van der Waals surface area (Å²) in [6.07, 6.45) is 7.58. The molecule has 4 nitrogen and oxygen atoms in total. The smallest absolute Gasteiger partial charge is 0.240 e. The number of ether oxygens (including phenoxy) is 1. The molecule has 0 saturated heterocycles. The van der Waals surface area contributed by atoms with Crippen LogP contribution in [0, 0.1) is 18.8 Å². The van der Waals surface area contributed by atoms with Gasteiger partial charge in [-0.1, -0.05) is 23.8 Å². The molecular formula is C18H21ClN2O2. The van der Waals surface area contributed by atoms with Gasteiger partial charge in [-0.15, -0.1) is 0 Å². The molecule has 0 heterocycles. The van der Waals surface area contributed by atoms with Gasteiger partial charge in [-0.3, -0.25) is 4.79 Å². The summed E-state index contributed by atoms with van der Waals surface area (Å²) in [6, 6.07) is 5.52. The molecule has 2 aliphatic rings. The minimum Gasteiger partial charge on any atom is -0.493 e. The van der Waals surface area contributed by atoms with Crippen LogP contribution in [-0.4, -0.2) is 18.2 Å². The summed E-state index contributed by atoms with van der Waals surface area (Å²) in [6.45, 7) is 2.45. The molecule has 1 aromatic carbocycles. The van der Waals surface area contributed by atoms with E-state index in [9.17, 15) is 4.79 Å². The molecule has 0 radical (unpaired) electrons. The maximum atomic E-state index is 11.8. The largest absolute Gasteiger partial charge is 0.493 e. The Hall–Kier alpha value is -1.81. The number of nitrogens with one attached hydrogen (secondary N) is 1. The Balaban J connectivity index is 1.34. The lowest BCUT2D eigenvalue weighted by Crippen LogP contribution is -2.35. The molecule has 0 aromatic heterocycles. The number of carbonyl (C=O) groups is 1. The molecular weight excluding hydrogens is 312 g/mol. The zero-order valence-corrected chi connectivity index (χ0v) is 14.0. The molecule has 1 N–H and O–H groups in total. The molecule has 1 fully saturated rings. The first-order valence-corrected chi connectivity index (χ1v) is 8.42. The number of hydrogen-bond donors (Lipinski definition) is 1. The molecule has 1 saturated carbocycles. The van der Waals surface area contributed by atoms with Gasteiger partial charge >= 0.3 is 0 Å². The predicted octanol–water partition coefficient (Wildman–Crippen LogP) is 3.88. The van der Waals surface area contributed by atoms with Crippen molar-refractivity contribution in [1.82, 2.24) is 5.43 Å². The van der Waals surface area contributed by atoms with Crippen molar-refractivity contribution in [2.24, 2.45) is 16.9 Å². The van der Waals surface area contributed by atoms with Crippen LogP contribution in [0.3, 0.4) is 0 Å². The molecule has 0 aliphatic heterocycles. The van der Waals surface area contributed by atoms with E-state index >= 15 is 0 Å². The molecule has 3 rings (SSSR count). The highest BCUT2D eigenvalue weighted by Crippen LogP contribution is 2.40. The van der Waals surface area contributed by atoms with E-state index in [2.05, 4.69) is 22.7 Å². The average Bonchev–Trinajstić information content (AvgIpc) is 2.87. The SMILES string of the molecule is Cc1cc(Cl)ccc1OCCCC(=O)NN=C1CC2C=CCC12. The summed E-state index contributed by atoms with van der Waals surface area (Å²) in [4.78, 5) is 11.8. The fourth-order valence-corrected chi connectivity index (χ4v) is 3.27. The van der Waals surface area contributed by atoms with E-state index in [1.807, 2.05) is 19.1 Å². The van der Waals surface area contributed by atoms with Crippen molar-refractivity contribution in [3.8, 4) is 5.75 Å². The quantitative estimate of drug-likeness (QED) is 0.488. The van der Waals surface area contributed by atoms with Crippen LogP contribution in [0.1, 0.15) is 31.2 Å².